The molecule has 0 aliphatic carbocycles. The quantitative estimate of drug-likeness (QED) is 0.779. The Bertz CT molecular complexity index is 516. The lowest BCUT2D eigenvalue weighted by atomic mass is 10.0. The summed E-state index contributed by atoms with van der Waals surface area (Å²) in [6.07, 6.45) is 2.22. The highest BCUT2D eigenvalue weighted by atomic mass is 31.0. The number of ether oxygens (including phenoxy) is 1. The van der Waals surface area contributed by atoms with Crippen LogP contribution >= 0.6 is 9.39 Å². The van der Waals surface area contributed by atoms with Crippen molar-refractivity contribution in [2.75, 3.05) is 17.8 Å². The number of rotatable bonds is 3. The van der Waals surface area contributed by atoms with Crippen LogP contribution in [0.3, 0.4) is 0 Å². The normalized spacial score (nSPS) is 19.0. The summed E-state index contributed by atoms with van der Waals surface area (Å²) in [6, 6.07) is 6.80. The van der Waals surface area contributed by atoms with Crippen LogP contribution in [0.1, 0.15) is 33.6 Å². The Labute approximate surface area is 133 Å². The van der Waals surface area contributed by atoms with Crippen molar-refractivity contribution in [1.82, 2.24) is 4.90 Å². The number of hydrogen-bond donors (Lipinski definition) is 0. The molecule has 6 heteroatoms. The second-order valence-electron chi connectivity index (χ2n) is 6.31. The van der Waals surface area contributed by atoms with E-state index in [1.54, 1.807) is 28.9 Å². The molecule has 1 fully saturated rings. The van der Waals surface area contributed by atoms with Gasteiger partial charge in [-0.2, -0.15) is 4.39 Å². The van der Waals surface area contributed by atoms with Crippen LogP contribution in [0.15, 0.2) is 24.3 Å². The number of piperidine rings is 1. The van der Waals surface area contributed by atoms with Gasteiger partial charge in [-0.1, -0.05) is 6.92 Å². The number of alkyl halides is 1. The van der Waals surface area contributed by atoms with Gasteiger partial charge >= 0.3 is 6.03 Å². The number of anilines is 1. The van der Waals surface area contributed by atoms with Crippen LogP contribution in [-0.4, -0.2) is 29.9 Å². The molecule has 0 N–H and O–H groups in total. The second-order valence-corrected chi connectivity index (χ2v) is 6.82. The monoisotopic (exact) mass is 326 g/mol. The minimum Gasteiger partial charge on any atom is -0.459 e. The number of halogens is 1. The summed E-state index contributed by atoms with van der Waals surface area (Å²) in [4.78, 5) is 14.4. The molecule has 4 nitrogen and oxygen atoms in total. The first-order valence-corrected chi connectivity index (χ1v) is 8.09. The fraction of sp³-hybridized carbons (Fsp3) is 0.562. The number of likely N-dealkylation sites (tertiary alicyclic amines) is 1. The summed E-state index contributed by atoms with van der Waals surface area (Å²) in [5.74, 6) is -0.741. The number of nitrogens with zero attached hydrogens (tertiary/aromatic N) is 2. The molecule has 1 aliphatic rings. The minimum absolute atomic E-state index is 0.0314. The second kappa shape index (κ2) is 6.82. The van der Waals surface area contributed by atoms with E-state index in [1.165, 1.54) is 20.3 Å². The van der Waals surface area contributed by atoms with Gasteiger partial charge in [0.15, 0.2) is 0 Å². The molecule has 1 unspecified atom stereocenters. The van der Waals surface area contributed by atoms with Gasteiger partial charge < -0.3 is 9.64 Å². The largest absolute Gasteiger partial charge is 0.459 e. The zero-order valence-corrected chi connectivity index (χ0v) is 14.5. The summed E-state index contributed by atoms with van der Waals surface area (Å²) in [5, 5.41) is 0. The van der Waals surface area contributed by atoms with Crippen molar-refractivity contribution in [3.63, 3.8) is 0 Å². The topological polar surface area (TPSA) is 32.8 Å². The summed E-state index contributed by atoms with van der Waals surface area (Å²) in [6.45, 7) is 6.46. The van der Waals surface area contributed by atoms with Gasteiger partial charge in [-0.15, -0.1) is 0 Å². The Morgan fingerprint density at radius 1 is 1.41 bits per heavy atom. The Hall–Kier alpha value is -1.35. The summed E-state index contributed by atoms with van der Waals surface area (Å²) in [5.41, 5.74) is 0.734. The summed E-state index contributed by atoms with van der Waals surface area (Å²) in [7, 11) is 2.45. The van der Waals surface area contributed by atoms with Crippen molar-refractivity contribution in [3.05, 3.63) is 24.3 Å². The number of hydrogen-bond acceptors (Lipinski definition) is 2. The zero-order chi connectivity index (χ0) is 16.3. The molecule has 1 aliphatic heterocycles. The molecule has 2 atom stereocenters. The van der Waals surface area contributed by atoms with Crippen molar-refractivity contribution >= 4 is 21.1 Å². The highest BCUT2D eigenvalue weighted by molar-refractivity contribution is 7.21. The van der Waals surface area contributed by atoms with Gasteiger partial charge in [-0.05, 0) is 52.4 Å². The fourth-order valence-electron chi connectivity index (χ4n) is 2.58. The van der Waals surface area contributed by atoms with Crippen LogP contribution < -0.4 is 9.41 Å². The Kier molecular flexibility index (Phi) is 5.28. The third-order valence-electron chi connectivity index (χ3n) is 3.61. The van der Waals surface area contributed by atoms with Crippen molar-refractivity contribution in [2.24, 2.45) is 5.92 Å². The minimum atomic E-state index is -1.72. The standard InChI is InChI=1S/C16H24FN2O2P/c1-12-5-4-10-18(11-12)15(20)19(22)13-6-8-14(9-7-13)21-16(2,3)17/h6-9,12H,4-5,10-11,22H2,1-3H3/t12-/m1/s1. The average molecular weight is 326 g/mol. The Morgan fingerprint density at radius 3 is 2.59 bits per heavy atom. The maximum atomic E-state index is 13.4. The third-order valence-corrected chi connectivity index (χ3v) is 4.13. The number of carbonyl (C=O) groups excluding carboxylic acids is 1. The first kappa shape index (κ1) is 17.0. The van der Waals surface area contributed by atoms with Crippen molar-refractivity contribution in [3.8, 4) is 5.75 Å². The molecule has 122 valence electrons. The van der Waals surface area contributed by atoms with Gasteiger partial charge in [0, 0.05) is 32.6 Å². The molecule has 0 radical (unpaired) electrons. The molecule has 0 aromatic heterocycles. The molecule has 1 saturated heterocycles. The molecular formula is C16H24FN2O2P. The van der Waals surface area contributed by atoms with Crippen molar-refractivity contribution in [2.45, 2.75) is 39.5 Å². The van der Waals surface area contributed by atoms with Gasteiger partial charge in [0.25, 0.3) is 0 Å². The fourth-order valence-corrected chi connectivity index (χ4v) is 2.92. The SMILES string of the molecule is C[C@@H]1CCCN(C(=O)N(P)c2ccc(OC(C)(C)F)cc2)C1. The number of carbonyl (C=O) groups is 1. The number of amides is 2. The highest BCUT2D eigenvalue weighted by Gasteiger charge is 2.24. The first-order chi connectivity index (χ1) is 10.3. The van der Waals surface area contributed by atoms with Gasteiger partial charge in [0.05, 0.1) is 0 Å². The summed E-state index contributed by atoms with van der Waals surface area (Å²) >= 11 is 0. The lowest BCUT2D eigenvalue weighted by Crippen LogP contribution is -2.43. The molecule has 1 aromatic carbocycles. The van der Waals surface area contributed by atoms with E-state index < -0.39 is 5.85 Å². The predicted molar refractivity (Wildman–Crippen MR) is 89.8 cm³/mol. The van der Waals surface area contributed by atoms with Crippen molar-refractivity contribution in [1.29, 1.82) is 0 Å². The van der Waals surface area contributed by atoms with Gasteiger partial charge in [-0.25, -0.2) is 4.79 Å². The predicted octanol–water partition coefficient (Wildman–Crippen LogP) is 4.22. The van der Waals surface area contributed by atoms with E-state index in [-0.39, 0.29) is 6.03 Å². The number of benzene rings is 1. The molecule has 1 heterocycles. The van der Waals surface area contributed by atoms with E-state index >= 15 is 0 Å². The maximum absolute atomic E-state index is 13.4. The molecule has 22 heavy (non-hydrogen) atoms. The molecule has 0 saturated carbocycles. The molecular weight excluding hydrogens is 302 g/mol. The van der Waals surface area contributed by atoms with Crippen LogP contribution in [0.25, 0.3) is 0 Å². The van der Waals surface area contributed by atoms with Crippen LogP contribution in [0.5, 0.6) is 5.75 Å². The van der Waals surface area contributed by atoms with E-state index in [4.69, 9.17) is 4.74 Å². The smallest absolute Gasteiger partial charge is 0.327 e. The van der Waals surface area contributed by atoms with E-state index in [9.17, 15) is 9.18 Å². The zero-order valence-electron chi connectivity index (χ0n) is 13.4. The van der Waals surface area contributed by atoms with Crippen LogP contribution in [0.4, 0.5) is 14.9 Å². The maximum Gasteiger partial charge on any atom is 0.327 e. The van der Waals surface area contributed by atoms with E-state index in [1.807, 2.05) is 4.90 Å². The molecule has 0 spiro atoms. The molecule has 1 aromatic rings. The lowest BCUT2D eigenvalue weighted by Gasteiger charge is -2.33. The van der Waals surface area contributed by atoms with Crippen LogP contribution in [-0.2, 0) is 0 Å². The van der Waals surface area contributed by atoms with Gasteiger partial charge in [-0.3, -0.25) is 4.67 Å². The van der Waals surface area contributed by atoms with Crippen molar-refractivity contribution < 1.29 is 13.9 Å². The third kappa shape index (κ3) is 4.57. The highest BCUT2D eigenvalue weighted by Crippen LogP contribution is 2.27. The van der Waals surface area contributed by atoms with E-state index in [0.29, 0.717) is 11.7 Å². The van der Waals surface area contributed by atoms with Gasteiger partial charge in [0.1, 0.15) is 5.75 Å². The summed E-state index contributed by atoms with van der Waals surface area (Å²) < 4.78 is 20.1. The van der Waals surface area contributed by atoms with Gasteiger partial charge in [0.2, 0.25) is 5.85 Å². The average Bonchev–Trinajstić information content (AvgIpc) is 2.45. The molecule has 2 amide bonds. The van der Waals surface area contributed by atoms with E-state index in [2.05, 4.69) is 16.3 Å². The Morgan fingerprint density at radius 2 is 2.05 bits per heavy atom. The first-order valence-electron chi connectivity index (χ1n) is 7.58. The van der Waals surface area contributed by atoms with Crippen LogP contribution in [0, 0.1) is 5.92 Å². The number of urea groups is 1. The lowest BCUT2D eigenvalue weighted by molar-refractivity contribution is -0.0256. The van der Waals surface area contributed by atoms with Crippen LogP contribution in [0.2, 0.25) is 0 Å². The van der Waals surface area contributed by atoms with E-state index in [0.717, 1.165) is 25.2 Å². The molecule has 0 bridgehead atoms. The molecule has 2 rings (SSSR count). The Balaban J connectivity index is 2.02.